The number of nitrogens with one attached hydrogen (secondary N) is 2. The molecule has 5 nitrogen and oxygen atoms in total. The van der Waals surface area contributed by atoms with Crippen LogP contribution in [-0.4, -0.2) is 21.7 Å². The number of H-pyrrole nitrogens is 1. The molecule has 2 aromatic rings. The highest BCUT2D eigenvalue weighted by Gasteiger charge is 2.07. The van der Waals surface area contributed by atoms with Gasteiger partial charge in [-0.1, -0.05) is 17.7 Å². The predicted octanol–water partition coefficient (Wildman–Crippen LogP) is 1.67. The topological polar surface area (TPSA) is 78.0 Å². The molecule has 0 bridgehead atoms. The van der Waals surface area contributed by atoms with Gasteiger partial charge in [0, 0.05) is 24.3 Å². The Balaban J connectivity index is 2.27. The van der Waals surface area contributed by atoms with Gasteiger partial charge in [-0.2, -0.15) is 0 Å². The minimum Gasteiger partial charge on any atom is -0.396 e. The van der Waals surface area contributed by atoms with Gasteiger partial charge in [0.15, 0.2) is 0 Å². The number of nitrogens with zero attached hydrogens (tertiary/aromatic N) is 1. The second-order valence-electron chi connectivity index (χ2n) is 4.44. The van der Waals surface area contributed by atoms with Gasteiger partial charge in [0.05, 0.1) is 5.69 Å². The summed E-state index contributed by atoms with van der Waals surface area (Å²) >= 11 is 0. The first-order chi connectivity index (χ1) is 9.10. The molecule has 0 aliphatic rings. The van der Waals surface area contributed by atoms with Crippen molar-refractivity contribution in [2.45, 2.75) is 20.3 Å². The van der Waals surface area contributed by atoms with Crippen LogP contribution >= 0.6 is 0 Å². The minimum absolute atomic E-state index is 0.0592. The van der Waals surface area contributed by atoms with Crippen molar-refractivity contribution in [2.75, 3.05) is 11.9 Å². The first kappa shape index (κ1) is 13.3. The summed E-state index contributed by atoms with van der Waals surface area (Å²) in [7, 11) is 0. The molecule has 0 spiro atoms. The third-order valence-corrected chi connectivity index (χ3v) is 2.90. The third kappa shape index (κ3) is 3.20. The summed E-state index contributed by atoms with van der Waals surface area (Å²) in [6.07, 6.45) is 0.318. The Morgan fingerprint density at radius 2 is 1.95 bits per heavy atom. The molecule has 3 N–H and O–H groups in total. The number of aliphatic hydroxyl groups excluding tert-OH is 1. The monoisotopic (exact) mass is 259 g/mol. The lowest BCUT2D eigenvalue weighted by atomic mass is 10.2. The van der Waals surface area contributed by atoms with E-state index < -0.39 is 0 Å². The fourth-order valence-electron chi connectivity index (χ4n) is 1.85. The lowest BCUT2D eigenvalue weighted by Gasteiger charge is -2.08. The summed E-state index contributed by atoms with van der Waals surface area (Å²) < 4.78 is 0. The largest absolute Gasteiger partial charge is 0.396 e. The van der Waals surface area contributed by atoms with Crippen LogP contribution in [0.1, 0.15) is 16.8 Å². The van der Waals surface area contributed by atoms with Crippen LogP contribution in [-0.2, 0) is 6.42 Å². The van der Waals surface area contributed by atoms with E-state index in [1.54, 1.807) is 6.92 Å². The summed E-state index contributed by atoms with van der Waals surface area (Å²) in [6, 6.07) is 7.81. The van der Waals surface area contributed by atoms with Crippen LogP contribution in [0.3, 0.4) is 0 Å². The molecule has 2 rings (SSSR count). The van der Waals surface area contributed by atoms with Gasteiger partial charge in [-0.3, -0.25) is 9.78 Å². The molecule has 1 heterocycles. The van der Waals surface area contributed by atoms with E-state index in [4.69, 9.17) is 5.11 Å². The molecule has 5 heteroatoms. The molecule has 0 atom stereocenters. The van der Waals surface area contributed by atoms with E-state index in [0.29, 0.717) is 23.6 Å². The van der Waals surface area contributed by atoms with Crippen molar-refractivity contribution in [2.24, 2.45) is 0 Å². The van der Waals surface area contributed by atoms with Crippen LogP contribution in [0.5, 0.6) is 0 Å². The zero-order valence-corrected chi connectivity index (χ0v) is 11.0. The van der Waals surface area contributed by atoms with E-state index in [1.165, 1.54) is 5.56 Å². The quantitative estimate of drug-likeness (QED) is 0.780. The maximum absolute atomic E-state index is 11.8. The van der Waals surface area contributed by atoms with Crippen LogP contribution in [0, 0.1) is 13.8 Å². The van der Waals surface area contributed by atoms with Gasteiger partial charge in [-0.15, -0.1) is 0 Å². The number of aromatic nitrogens is 2. The predicted molar refractivity (Wildman–Crippen MR) is 74.8 cm³/mol. The number of aryl methyl sites for hydroxylation is 2. The highest BCUT2D eigenvalue weighted by molar-refractivity contribution is 5.53. The van der Waals surface area contributed by atoms with E-state index in [-0.39, 0.29) is 12.2 Å². The number of hydrogen-bond donors (Lipinski definition) is 3. The number of aliphatic hydroxyl groups is 1. The summed E-state index contributed by atoms with van der Waals surface area (Å²) in [5.74, 6) is 0.410. The SMILES string of the molecule is Cc1ccc(Nc2nc(C)c(CCO)c(=O)[nH]2)cc1. The molecule has 0 amide bonds. The highest BCUT2D eigenvalue weighted by Crippen LogP contribution is 2.13. The molecule has 0 unspecified atom stereocenters. The van der Waals surface area contributed by atoms with Crippen molar-refractivity contribution in [3.05, 3.63) is 51.4 Å². The molecular weight excluding hydrogens is 242 g/mol. The Bertz CT molecular complexity index is 618. The van der Waals surface area contributed by atoms with Crippen LogP contribution in [0.15, 0.2) is 29.1 Å². The van der Waals surface area contributed by atoms with Crippen molar-refractivity contribution >= 4 is 11.6 Å². The van der Waals surface area contributed by atoms with Crippen molar-refractivity contribution < 1.29 is 5.11 Å². The number of benzene rings is 1. The number of aromatic amines is 1. The molecule has 0 saturated heterocycles. The van der Waals surface area contributed by atoms with Gasteiger partial charge < -0.3 is 10.4 Å². The van der Waals surface area contributed by atoms with Gasteiger partial charge >= 0.3 is 0 Å². The maximum Gasteiger partial charge on any atom is 0.255 e. The van der Waals surface area contributed by atoms with Crippen molar-refractivity contribution in [1.29, 1.82) is 0 Å². The zero-order chi connectivity index (χ0) is 13.8. The van der Waals surface area contributed by atoms with Crippen LogP contribution < -0.4 is 10.9 Å². The van der Waals surface area contributed by atoms with Crippen LogP contribution in [0.2, 0.25) is 0 Å². The molecule has 19 heavy (non-hydrogen) atoms. The van der Waals surface area contributed by atoms with Crippen molar-refractivity contribution in [3.8, 4) is 0 Å². The standard InChI is InChI=1S/C14H17N3O2/c1-9-3-5-11(6-4-9)16-14-15-10(2)12(7-8-18)13(19)17-14/h3-6,18H,7-8H2,1-2H3,(H2,15,16,17,19). The first-order valence-electron chi connectivity index (χ1n) is 6.14. The summed E-state index contributed by atoms with van der Waals surface area (Å²) in [6.45, 7) is 3.72. The molecule has 1 aromatic heterocycles. The summed E-state index contributed by atoms with van der Waals surface area (Å²) in [5.41, 5.74) is 2.98. The lowest BCUT2D eigenvalue weighted by molar-refractivity contribution is 0.298. The van der Waals surface area contributed by atoms with E-state index in [1.807, 2.05) is 31.2 Å². The normalized spacial score (nSPS) is 10.5. The van der Waals surface area contributed by atoms with E-state index in [0.717, 1.165) is 5.69 Å². The Hall–Kier alpha value is -2.14. The Morgan fingerprint density at radius 3 is 2.53 bits per heavy atom. The van der Waals surface area contributed by atoms with Crippen molar-refractivity contribution in [1.82, 2.24) is 9.97 Å². The van der Waals surface area contributed by atoms with Gasteiger partial charge in [0.1, 0.15) is 0 Å². The lowest BCUT2D eigenvalue weighted by Crippen LogP contribution is -2.19. The first-order valence-corrected chi connectivity index (χ1v) is 6.14. The van der Waals surface area contributed by atoms with Gasteiger partial charge in [-0.05, 0) is 26.0 Å². The number of hydrogen-bond acceptors (Lipinski definition) is 4. The van der Waals surface area contributed by atoms with Gasteiger partial charge in [0.25, 0.3) is 5.56 Å². The Kier molecular flexibility index (Phi) is 3.97. The average Bonchev–Trinajstić information content (AvgIpc) is 2.37. The summed E-state index contributed by atoms with van der Waals surface area (Å²) in [4.78, 5) is 18.8. The maximum atomic E-state index is 11.8. The molecule has 0 fully saturated rings. The fraction of sp³-hybridized carbons (Fsp3) is 0.286. The highest BCUT2D eigenvalue weighted by atomic mass is 16.3. The Morgan fingerprint density at radius 1 is 1.26 bits per heavy atom. The van der Waals surface area contributed by atoms with Crippen molar-refractivity contribution in [3.63, 3.8) is 0 Å². The number of anilines is 2. The zero-order valence-electron chi connectivity index (χ0n) is 11.0. The fourth-order valence-corrected chi connectivity index (χ4v) is 1.85. The van der Waals surface area contributed by atoms with Gasteiger partial charge in [0.2, 0.25) is 5.95 Å². The molecule has 0 radical (unpaired) electrons. The third-order valence-electron chi connectivity index (χ3n) is 2.90. The van der Waals surface area contributed by atoms with Crippen LogP contribution in [0.4, 0.5) is 11.6 Å². The summed E-state index contributed by atoms with van der Waals surface area (Å²) in [5, 5.41) is 12.0. The second kappa shape index (κ2) is 5.67. The van der Waals surface area contributed by atoms with Gasteiger partial charge in [-0.25, -0.2) is 4.98 Å². The minimum atomic E-state index is -0.212. The van der Waals surface area contributed by atoms with Crippen LogP contribution in [0.25, 0.3) is 0 Å². The van der Waals surface area contributed by atoms with E-state index in [2.05, 4.69) is 15.3 Å². The number of rotatable bonds is 4. The molecule has 0 aliphatic carbocycles. The average molecular weight is 259 g/mol. The molecule has 0 aliphatic heterocycles. The second-order valence-corrected chi connectivity index (χ2v) is 4.44. The molecule has 0 saturated carbocycles. The Labute approximate surface area is 111 Å². The molecule has 1 aromatic carbocycles. The van der Waals surface area contributed by atoms with E-state index in [9.17, 15) is 4.79 Å². The smallest absolute Gasteiger partial charge is 0.255 e. The molecule has 100 valence electrons. The molecular formula is C14H17N3O2. The van der Waals surface area contributed by atoms with E-state index >= 15 is 0 Å².